The summed E-state index contributed by atoms with van der Waals surface area (Å²) in [7, 11) is 3.05. The second-order valence-corrected chi connectivity index (χ2v) is 7.83. The van der Waals surface area contributed by atoms with Crippen LogP contribution in [0.2, 0.25) is 0 Å². The van der Waals surface area contributed by atoms with Gasteiger partial charge >= 0.3 is 0 Å². The molecule has 1 saturated heterocycles. The summed E-state index contributed by atoms with van der Waals surface area (Å²) in [5, 5.41) is 3.04. The van der Waals surface area contributed by atoms with Gasteiger partial charge in [0.2, 0.25) is 5.91 Å². The van der Waals surface area contributed by atoms with Gasteiger partial charge in [-0.25, -0.2) is 0 Å². The van der Waals surface area contributed by atoms with Crippen molar-refractivity contribution in [3.63, 3.8) is 0 Å². The molecule has 3 aliphatic rings. The van der Waals surface area contributed by atoms with Crippen LogP contribution in [0.4, 0.5) is 0 Å². The van der Waals surface area contributed by atoms with Crippen molar-refractivity contribution in [3.8, 4) is 11.5 Å². The molecular formula is C21H28N2O5. The summed E-state index contributed by atoms with van der Waals surface area (Å²) in [5.41, 5.74) is -0.389. The molecule has 28 heavy (non-hydrogen) atoms. The minimum atomic E-state index is -0.729. The van der Waals surface area contributed by atoms with Crippen molar-refractivity contribution in [2.75, 3.05) is 20.8 Å². The van der Waals surface area contributed by atoms with E-state index in [1.807, 2.05) is 0 Å². The van der Waals surface area contributed by atoms with Crippen LogP contribution in [0.1, 0.15) is 55.3 Å². The van der Waals surface area contributed by atoms with Crippen LogP contribution in [0.25, 0.3) is 0 Å². The summed E-state index contributed by atoms with van der Waals surface area (Å²) >= 11 is 0. The average molecular weight is 388 g/mol. The Morgan fingerprint density at radius 1 is 1.11 bits per heavy atom. The molecule has 1 aromatic carbocycles. The SMILES string of the molecule is COc1cccc(OC)c1C(=O)N1[C@@H](C(=O)NC2CC2)COC12CCCCC2. The van der Waals surface area contributed by atoms with Crippen LogP contribution < -0.4 is 14.8 Å². The van der Waals surface area contributed by atoms with Gasteiger partial charge in [0, 0.05) is 6.04 Å². The molecule has 0 bridgehead atoms. The molecule has 1 aromatic rings. The van der Waals surface area contributed by atoms with Crippen LogP contribution in [-0.4, -0.2) is 55.3 Å². The Morgan fingerprint density at radius 3 is 2.32 bits per heavy atom. The van der Waals surface area contributed by atoms with Gasteiger partial charge in [0.15, 0.2) is 0 Å². The highest BCUT2D eigenvalue weighted by atomic mass is 16.5. The van der Waals surface area contributed by atoms with Gasteiger partial charge in [0.05, 0.1) is 20.8 Å². The molecule has 1 aliphatic heterocycles. The molecule has 0 unspecified atom stereocenters. The maximum absolute atomic E-state index is 13.8. The van der Waals surface area contributed by atoms with Gasteiger partial charge in [-0.05, 0) is 50.7 Å². The van der Waals surface area contributed by atoms with Gasteiger partial charge in [-0.1, -0.05) is 12.5 Å². The molecule has 2 amide bonds. The Hall–Kier alpha value is -2.28. The molecule has 0 radical (unpaired) electrons. The number of carbonyl (C=O) groups is 2. The second kappa shape index (κ2) is 7.62. The van der Waals surface area contributed by atoms with E-state index in [1.54, 1.807) is 23.1 Å². The van der Waals surface area contributed by atoms with Crippen LogP contribution in [0, 0.1) is 0 Å². The fraction of sp³-hybridized carbons (Fsp3) is 0.619. The number of nitrogens with zero attached hydrogens (tertiary/aromatic N) is 1. The maximum Gasteiger partial charge on any atom is 0.264 e. The Balaban J connectivity index is 1.73. The zero-order valence-electron chi connectivity index (χ0n) is 16.5. The highest BCUT2D eigenvalue weighted by molar-refractivity contribution is 6.02. The number of benzene rings is 1. The molecule has 7 nitrogen and oxygen atoms in total. The van der Waals surface area contributed by atoms with Crippen molar-refractivity contribution in [2.24, 2.45) is 0 Å². The highest BCUT2D eigenvalue weighted by Gasteiger charge is 2.54. The third-order valence-corrected chi connectivity index (χ3v) is 5.98. The van der Waals surface area contributed by atoms with Crippen molar-refractivity contribution >= 4 is 11.8 Å². The van der Waals surface area contributed by atoms with Gasteiger partial charge < -0.3 is 19.5 Å². The molecule has 2 saturated carbocycles. The third-order valence-electron chi connectivity index (χ3n) is 5.98. The molecule has 2 aliphatic carbocycles. The van der Waals surface area contributed by atoms with Gasteiger partial charge in [0.25, 0.3) is 5.91 Å². The van der Waals surface area contributed by atoms with Gasteiger partial charge in [-0.3, -0.25) is 14.5 Å². The van der Waals surface area contributed by atoms with Gasteiger partial charge in [0.1, 0.15) is 28.8 Å². The molecule has 7 heteroatoms. The number of methoxy groups -OCH3 is 2. The number of carbonyl (C=O) groups excluding carboxylic acids is 2. The summed E-state index contributed by atoms with van der Waals surface area (Å²) in [6.45, 7) is 0.224. The zero-order valence-corrected chi connectivity index (χ0v) is 16.5. The van der Waals surface area contributed by atoms with E-state index < -0.39 is 11.8 Å². The zero-order chi connectivity index (χ0) is 19.7. The number of amides is 2. The lowest BCUT2D eigenvalue weighted by Gasteiger charge is -2.41. The van der Waals surface area contributed by atoms with Crippen LogP contribution in [0.15, 0.2) is 18.2 Å². The van der Waals surface area contributed by atoms with E-state index in [2.05, 4.69) is 5.32 Å². The number of hydrogen-bond donors (Lipinski definition) is 1. The Bertz CT molecular complexity index is 733. The van der Waals surface area contributed by atoms with E-state index >= 15 is 0 Å². The largest absolute Gasteiger partial charge is 0.496 e. The number of hydrogen-bond acceptors (Lipinski definition) is 5. The Labute approximate surface area is 165 Å². The Morgan fingerprint density at radius 2 is 1.75 bits per heavy atom. The lowest BCUT2D eigenvalue weighted by Crippen LogP contribution is -2.56. The summed E-state index contributed by atoms with van der Waals surface area (Å²) in [6.07, 6.45) is 6.54. The lowest BCUT2D eigenvalue weighted by molar-refractivity contribution is -0.127. The van der Waals surface area contributed by atoms with E-state index in [9.17, 15) is 9.59 Å². The second-order valence-electron chi connectivity index (χ2n) is 7.83. The molecular weight excluding hydrogens is 360 g/mol. The molecule has 152 valence electrons. The number of nitrogens with one attached hydrogen (secondary N) is 1. The van der Waals surface area contributed by atoms with Crippen LogP contribution in [-0.2, 0) is 9.53 Å². The van der Waals surface area contributed by atoms with Crippen LogP contribution in [0.5, 0.6) is 11.5 Å². The quantitative estimate of drug-likeness (QED) is 0.839. The van der Waals surface area contributed by atoms with E-state index in [-0.39, 0.29) is 24.5 Å². The first-order valence-electron chi connectivity index (χ1n) is 10.1. The van der Waals surface area contributed by atoms with E-state index in [0.717, 1.165) is 44.9 Å². The minimum absolute atomic E-state index is 0.132. The number of ether oxygens (including phenoxy) is 3. The van der Waals surface area contributed by atoms with Crippen molar-refractivity contribution in [2.45, 2.75) is 62.8 Å². The third kappa shape index (κ3) is 3.32. The highest BCUT2D eigenvalue weighted by Crippen LogP contribution is 2.43. The van der Waals surface area contributed by atoms with E-state index in [0.29, 0.717) is 17.1 Å². The number of rotatable bonds is 5. The van der Waals surface area contributed by atoms with Gasteiger partial charge in [-0.15, -0.1) is 0 Å². The predicted octanol–water partition coefficient (Wildman–Crippen LogP) is 2.48. The molecule has 1 heterocycles. The predicted molar refractivity (Wildman–Crippen MR) is 102 cm³/mol. The standard InChI is InChI=1S/C21H28N2O5/c1-26-16-7-6-8-17(27-2)18(16)20(25)23-15(19(24)22-14-9-10-14)13-28-21(23)11-4-3-5-12-21/h6-8,14-15H,3-5,9-13H2,1-2H3,(H,22,24)/t15-/m1/s1. The summed E-state index contributed by atoms with van der Waals surface area (Å²) < 4.78 is 17.1. The normalized spacial score (nSPS) is 23.5. The molecule has 3 fully saturated rings. The van der Waals surface area contributed by atoms with Crippen molar-refractivity contribution in [1.29, 1.82) is 0 Å². The first kappa shape index (κ1) is 19.1. The first-order valence-corrected chi connectivity index (χ1v) is 10.1. The molecule has 1 atom stereocenters. The first-order chi connectivity index (χ1) is 13.6. The molecule has 1 spiro atoms. The lowest BCUT2D eigenvalue weighted by atomic mass is 9.89. The van der Waals surface area contributed by atoms with Gasteiger partial charge in [-0.2, -0.15) is 0 Å². The minimum Gasteiger partial charge on any atom is -0.496 e. The smallest absolute Gasteiger partial charge is 0.264 e. The average Bonchev–Trinajstić information content (AvgIpc) is 3.47. The Kier molecular flexibility index (Phi) is 5.19. The summed E-state index contributed by atoms with van der Waals surface area (Å²) in [4.78, 5) is 28.4. The molecule has 1 N–H and O–H groups in total. The summed E-state index contributed by atoms with van der Waals surface area (Å²) in [5.74, 6) is 0.462. The fourth-order valence-electron chi connectivity index (χ4n) is 4.38. The topological polar surface area (TPSA) is 77.1 Å². The van der Waals surface area contributed by atoms with E-state index in [4.69, 9.17) is 14.2 Å². The van der Waals surface area contributed by atoms with Crippen molar-refractivity contribution < 1.29 is 23.8 Å². The molecule has 4 rings (SSSR count). The van der Waals surface area contributed by atoms with E-state index in [1.165, 1.54) is 14.2 Å². The van der Waals surface area contributed by atoms with Crippen molar-refractivity contribution in [1.82, 2.24) is 10.2 Å². The van der Waals surface area contributed by atoms with Crippen LogP contribution >= 0.6 is 0 Å². The molecule has 0 aromatic heterocycles. The van der Waals surface area contributed by atoms with Crippen LogP contribution in [0.3, 0.4) is 0 Å². The monoisotopic (exact) mass is 388 g/mol. The van der Waals surface area contributed by atoms with Crippen molar-refractivity contribution in [3.05, 3.63) is 23.8 Å². The maximum atomic E-state index is 13.8. The fourth-order valence-corrected chi connectivity index (χ4v) is 4.38. The summed E-state index contributed by atoms with van der Waals surface area (Å²) in [6, 6.07) is 4.84.